The summed E-state index contributed by atoms with van der Waals surface area (Å²) in [6.07, 6.45) is 2.41. The lowest BCUT2D eigenvalue weighted by Crippen LogP contribution is -2.50. The quantitative estimate of drug-likeness (QED) is 0.923. The minimum absolute atomic E-state index is 0.0728. The van der Waals surface area contributed by atoms with Gasteiger partial charge in [-0.3, -0.25) is 4.79 Å². The highest BCUT2D eigenvalue weighted by Crippen LogP contribution is 2.39. The zero-order valence-electron chi connectivity index (χ0n) is 12.8. The van der Waals surface area contributed by atoms with E-state index in [0.717, 1.165) is 30.9 Å². The van der Waals surface area contributed by atoms with Gasteiger partial charge in [0.05, 0.1) is 13.2 Å². The van der Waals surface area contributed by atoms with Crippen LogP contribution in [0.3, 0.4) is 0 Å². The summed E-state index contributed by atoms with van der Waals surface area (Å²) < 4.78 is 5.48. The number of nitrogens with one attached hydrogen (secondary N) is 1. The summed E-state index contributed by atoms with van der Waals surface area (Å²) >= 11 is 0. The molecule has 1 aromatic carbocycles. The van der Waals surface area contributed by atoms with Crippen LogP contribution in [0.2, 0.25) is 0 Å². The maximum atomic E-state index is 12.8. The molecule has 4 heteroatoms. The van der Waals surface area contributed by atoms with Crippen LogP contribution >= 0.6 is 0 Å². The lowest BCUT2D eigenvalue weighted by Gasteiger charge is -2.38. The van der Waals surface area contributed by atoms with Crippen LogP contribution in [0.15, 0.2) is 24.3 Å². The first-order valence-electron chi connectivity index (χ1n) is 7.86. The molecular formula is C17H24N2O2. The molecule has 1 aromatic rings. The molecule has 4 nitrogen and oxygen atoms in total. The van der Waals surface area contributed by atoms with Crippen molar-refractivity contribution in [3.8, 4) is 5.75 Å². The zero-order valence-corrected chi connectivity index (χ0v) is 12.8. The molecule has 1 aliphatic carbocycles. The Morgan fingerprint density at radius 1 is 1.38 bits per heavy atom. The second kappa shape index (κ2) is 6.06. The fourth-order valence-corrected chi connectivity index (χ4v) is 3.25. The zero-order chi connectivity index (χ0) is 14.8. The van der Waals surface area contributed by atoms with Crippen molar-refractivity contribution in [1.82, 2.24) is 10.2 Å². The summed E-state index contributed by atoms with van der Waals surface area (Å²) in [6.45, 7) is 4.53. The number of carbonyl (C=O) groups excluding carboxylic acids is 1. The fraction of sp³-hybridized carbons (Fsp3) is 0.588. The summed E-state index contributed by atoms with van der Waals surface area (Å²) in [7, 11) is 1.69. The van der Waals surface area contributed by atoms with Crippen molar-refractivity contribution in [1.29, 1.82) is 0 Å². The molecule has 0 radical (unpaired) electrons. The molecule has 1 saturated heterocycles. The average molecular weight is 288 g/mol. The van der Waals surface area contributed by atoms with Gasteiger partial charge in [-0.15, -0.1) is 0 Å². The van der Waals surface area contributed by atoms with Gasteiger partial charge in [-0.25, -0.2) is 0 Å². The number of rotatable bonds is 4. The Morgan fingerprint density at radius 2 is 2.14 bits per heavy atom. The third-order valence-corrected chi connectivity index (χ3v) is 4.74. The van der Waals surface area contributed by atoms with Crippen molar-refractivity contribution < 1.29 is 9.53 Å². The first-order chi connectivity index (χ1) is 10.2. The van der Waals surface area contributed by atoms with E-state index >= 15 is 0 Å². The van der Waals surface area contributed by atoms with Crippen LogP contribution in [-0.4, -0.2) is 37.6 Å². The number of nitrogens with zero attached hydrogens (tertiary/aromatic N) is 1. The van der Waals surface area contributed by atoms with Gasteiger partial charge in [0.25, 0.3) is 0 Å². The summed E-state index contributed by atoms with van der Waals surface area (Å²) in [5.41, 5.74) is 1.10. The highest BCUT2D eigenvalue weighted by atomic mass is 16.5. The van der Waals surface area contributed by atoms with Crippen LogP contribution in [0.25, 0.3) is 0 Å². The van der Waals surface area contributed by atoms with E-state index < -0.39 is 0 Å². The topological polar surface area (TPSA) is 41.6 Å². The molecule has 0 bridgehead atoms. The normalized spacial score (nSPS) is 23.7. The first kappa shape index (κ1) is 14.4. The number of hydrogen-bond acceptors (Lipinski definition) is 3. The molecule has 21 heavy (non-hydrogen) atoms. The molecule has 114 valence electrons. The number of carbonyl (C=O) groups is 1. The van der Waals surface area contributed by atoms with E-state index in [9.17, 15) is 4.79 Å². The highest BCUT2D eigenvalue weighted by molar-refractivity contribution is 5.80. The Morgan fingerprint density at radius 3 is 2.86 bits per heavy atom. The number of hydrogen-bond donors (Lipinski definition) is 1. The maximum Gasteiger partial charge on any atom is 0.226 e. The second-order valence-corrected chi connectivity index (χ2v) is 6.12. The Hall–Kier alpha value is -1.55. The van der Waals surface area contributed by atoms with Gasteiger partial charge in [0.1, 0.15) is 5.75 Å². The minimum atomic E-state index is 0.0728. The molecule has 1 heterocycles. The molecule has 0 aromatic heterocycles. The van der Waals surface area contributed by atoms with E-state index in [1.54, 1.807) is 7.11 Å². The maximum absolute atomic E-state index is 12.8. The smallest absolute Gasteiger partial charge is 0.226 e. The molecule has 2 fully saturated rings. The Bertz CT molecular complexity index is 513. The van der Waals surface area contributed by atoms with E-state index in [0.29, 0.717) is 11.8 Å². The van der Waals surface area contributed by atoms with Gasteiger partial charge in [0.15, 0.2) is 0 Å². The minimum Gasteiger partial charge on any atom is -0.496 e. The lowest BCUT2D eigenvalue weighted by molar-refractivity contribution is -0.139. The molecule has 1 N–H and O–H groups in total. The number of benzene rings is 1. The summed E-state index contributed by atoms with van der Waals surface area (Å²) in [5, 5.41) is 3.40. The van der Waals surface area contributed by atoms with E-state index in [1.165, 1.54) is 12.8 Å². The van der Waals surface area contributed by atoms with Gasteiger partial charge < -0.3 is 15.0 Å². The van der Waals surface area contributed by atoms with Crippen molar-refractivity contribution in [2.75, 3.05) is 26.7 Å². The summed E-state index contributed by atoms with van der Waals surface area (Å²) in [5.74, 6) is 1.92. The number of amides is 1. The first-order valence-corrected chi connectivity index (χ1v) is 7.86. The van der Waals surface area contributed by atoms with E-state index in [4.69, 9.17) is 4.74 Å². The van der Waals surface area contributed by atoms with Crippen molar-refractivity contribution in [2.24, 2.45) is 11.8 Å². The van der Waals surface area contributed by atoms with Crippen molar-refractivity contribution in [3.05, 3.63) is 29.8 Å². The lowest BCUT2D eigenvalue weighted by atomic mass is 9.98. The Balaban J connectivity index is 1.85. The van der Waals surface area contributed by atoms with Crippen LogP contribution in [0.1, 0.15) is 31.4 Å². The fourth-order valence-electron chi connectivity index (χ4n) is 3.25. The standard InChI is InChI=1S/C17H24N2O2/c1-12(13-7-8-13)17(20)19-10-9-18-11-15(19)14-5-3-4-6-16(14)21-2/h3-6,12-13,15,18H,7-11H2,1-2H3. The second-order valence-electron chi connectivity index (χ2n) is 6.12. The predicted molar refractivity (Wildman–Crippen MR) is 82.2 cm³/mol. The van der Waals surface area contributed by atoms with Gasteiger partial charge in [-0.2, -0.15) is 0 Å². The van der Waals surface area contributed by atoms with Crippen LogP contribution in [0.5, 0.6) is 5.75 Å². The molecule has 1 amide bonds. The van der Waals surface area contributed by atoms with Gasteiger partial charge >= 0.3 is 0 Å². The highest BCUT2D eigenvalue weighted by Gasteiger charge is 2.38. The molecule has 2 atom stereocenters. The number of methoxy groups -OCH3 is 1. The van der Waals surface area contributed by atoms with Crippen LogP contribution in [-0.2, 0) is 4.79 Å². The van der Waals surface area contributed by atoms with Crippen molar-refractivity contribution in [2.45, 2.75) is 25.8 Å². The molecule has 1 aliphatic heterocycles. The number of para-hydroxylation sites is 1. The van der Waals surface area contributed by atoms with E-state index in [2.05, 4.69) is 23.2 Å². The van der Waals surface area contributed by atoms with Crippen LogP contribution in [0.4, 0.5) is 0 Å². The monoisotopic (exact) mass is 288 g/mol. The van der Waals surface area contributed by atoms with Gasteiger partial charge in [-0.05, 0) is 24.8 Å². The van der Waals surface area contributed by atoms with Crippen molar-refractivity contribution >= 4 is 5.91 Å². The molecule has 0 spiro atoms. The molecule has 1 saturated carbocycles. The SMILES string of the molecule is COc1ccccc1C1CNCCN1C(=O)C(C)C1CC1. The molecule has 3 rings (SSSR count). The third kappa shape index (κ3) is 2.91. The Labute approximate surface area is 126 Å². The Kier molecular flexibility index (Phi) is 4.15. The van der Waals surface area contributed by atoms with Crippen LogP contribution in [0, 0.1) is 11.8 Å². The summed E-state index contributed by atoms with van der Waals surface area (Å²) in [4.78, 5) is 14.9. The summed E-state index contributed by atoms with van der Waals surface area (Å²) in [6, 6.07) is 8.09. The van der Waals surface area contributed by atoms with Gasteiger partial charge in [0, 0.05) is 31.1 Å². The van der Waals surface area contributed by atoms with Gasteiger partial charge in [-0.1, -0.05) is 25.1 Å². The third-order valence-electron chi connectivity index (χ3n) is 4.74. The van der Waals surface area contributed by atoms with Gasteiger partial charge in [0.2, 0.25) is 5.91 Å². The van der Waals surface area contributed by atoms with Crippen LogP contribution < -0.4 is 10.1 Å². The molecular weight excluding hydrogens is 264 g/mol. The number of piperazine rings is 1. The largest absolute Gasteiger partial charge is 0.496 e. The van der Waals surface area contributed by atoms with E-state index in [1.807, 2.05) is 18.2 Å². The number of ether oxygens (including phenoxy) is 1. The molecule has 2 unspecified atom stereocenters. The van der Waals surface area contributed by atoms with Crippen molar-refractivity contribution in [3.63, 3.8) is 0 Å². The molecule has 2 aliphatic rings. The average Bonchev–Trinajstić information content (AvgIpc) is 3.38. The predicted octanol–water partition coefficient (Wildman–Crippen LogP) is 2.21. The van der Waals surface area contributed by atoms with E-state index in [-0.39, 0.29) is 12.0 Å².